The number of thioether (sulfide) groups is 1. The molecule has 1 fully saturated rings. The lowest BCUT2D eigenvalue weighted by Crippen LogP contribution is -2.71. The number of aromatic nitrogens is 1. The Kier molecular flexibility index (Phi) is 8.16. The second-order valence-electron chi connectivity index (χ2n) is 9.12. The molecule has 1 aromatic heterocycles. The number of ether oxygens (including phenoxy) is 1. The van der Waals surface area contributed by atoms with Gasteiger partial charge in [0.1, 0.15) is 35.7 Å². The zero-order valence-corrected chi connectivity index (χ0v) is 22.9. The summed E-state index contributed by atoms with van der Waals surface area (Å²) >= 11 is 1.40. The number of nitrogen functional groups attached to an aromatic ring is 1. The van der Waals surface area contributed by atoms with E-state index in [1.165, 1.54) is 23.8 Å². The number of pyridine rings is 1. The molecule has 3 heterocycles. The van der Waals surface area contributed by atoms with E-state index in [0.717, 1.165) is 11.1 Å². The Hall–Kier alpha value is -4.90. The second kappa shape index (κ2) is 12.1. The van der Waals surface area contributed by atoms with Crippen LogP contribution in [0.3, 0.4) is 0 Å². The van der Waals surface area contributed by atoms with E-state index in [9.17, 15) is 14.4 Å². The molecule has 1 unspecified atom stereocenters. The highest BCUT2D eigenvalue weighted by atomic mass is 32.2. The Bertz CT molecular complexity index is 1500. The molecule has 5 rings (SSSR count). The first-order valence-corrected chi connectivity index (χ1v) is 13.7. The number of anilines is 1. The third-order valence-corrected chi connectivity index (χ3v) is 7.87. The minimum atomic E-state index is -0.913. The van der Waals surface area contributed by atoms with E-state index in [1.807, 2.05) is 60.7 Å². The molecule has 2 aliphatic heterocycles. The molecule has 208 valence electrons. The van der Waals surface area contributed by atoms with Gasteiger partial charge in [-0.25, -0.2) is 9.78 Å². The molecule has 0 saturated carbocycles. The van der Waals surface area contributed by atoms with Crippen LogP contribution in [0.25, 0.3) is 0 Å². The smallest absolute Gasteiger partial charge is 0.356 e. The molecule has 0 bridgehead atoms. The molecule has 2 aromatic carbocycles. The van der Waals surface area contributed by atoms with E-state index in [4.69, 9.17) is 15.3 Å². The largest absolute Gasteiger partial charge is 0.448 e. The molecule has 2 amide bonds. The van der Waals surface area contributed by atoms with E-state index in [2.05, 4.69) is 22.0 Å². The number of rotatable bonds is 9. The summed E-state index contributed by atoms with van der Waals surface area (Å²) in [5, 5.41) is 5.96. The number of amides is 2. The number of allylic oxidation sites excluding steroid dienone is 1. The van der Waals surface area contributed by atoms with E-state index in [-0.39, 0.29) is 22.9 Å². The number of hydrogen-bond acceptors (Lipinski definition) is 9. The standard InChI is InChI=1S/C30H27N5O5S/c1-3-18-17-41-29-24(33-27(36)23(34-39-2)21-15-10-16-22(31)32-21)28(37)35(29)25(18)30(38)40-26(19-11-6-4-7-12-19)20-13-8-5-9-14-20/h3-16,24,26,29H,1,17H2,2H3,(H2,31,32)(H,33,36)/t24?,29-/m1/s1. The Morgan fingerprint density at radius 2 is 1.76 bits per heavy atom. The molecule has 3 aromatic rings. The molecular weight excluding hydrogens is 542 g/mol. The lowest BCUT2D eigenvalue weighted by atomic mass is 10.0. The van der Waals surface area contributed by atoms with Crippen molar-refractivity contribution in [1.82, 2.24) is 15.2 Å². The number of carbonyl (C=O) groups excluding carboxylic acids is 3. The Balaban J connectivity index is 1.38. The topological polar surface area (TPSA) is 136 Å². The predicted molar refractivity (Wildman–Crippen MR) is 155 cm³/mol. The normalized spacial score (nSPS) is 18.3. The summed E-state index contributed by atoms with van der Waals surface area (Å²) in [6, 6.07) is 22.6. The van der Waals surface area contributed by atoms with Crippen LogP contribution in [-0.2, 0) is 24.0 Å². The monoisotopic (exact) mass is 569 g/mol. The molecule has 2 aliphatic rings. The van der Waals surface area contributed by atoms with Crippen LogP contribution in [0.1, 0.15) is 22.9 Å². The number of esters is 1. The zero-order valence-electron chi connectivity index (χ0n) is 22.1. The molecule has 11 heteroatoms. The summed E-state index contributed by atoms with van der Waals surface area (Å²) in [6.07, 6.45) is 0.857. The van der Waals surface area contributed by atoms with Gasteiger partial charge in [0, 0.05) is 5.75 Å². The van der Waals surface area contributed by atoms with Gasteiger partial charge in [-0.1, -0.05) is 84.5 Å². The zero-order chi connectivity index (χ0) is 28.9. The molecule has 0 radical (unpaired) electrons. The fourth-order valence-corrected chi connectivity index (χ4v) is 5.96. The Morgan fingerprint density at radius 3 is 2.34 bits per heavy atom. The van der Waals surface area contributed by atoms with E-state index < -0.39 is 35.3 Å². The van der Waals surface area contributed by atoms with Gasteiger partial charge in [-0.2, -0.15) is 0 Å². The van der Waals surface area contributed by atoms with Crippen LogP contribution >= 0.6 is 11.8 Å². The average molecular weight is 570 g/mol. The van der Waals surface area contributed by atoms with Crippen LogP contribution < -0.4 is 11.1 Å². The highest BCUT2D eigenvalue weighted by Crippen LogP contribution is 2.41. The van der Waals surface area contributed by atoms with E-state index >= 15 is 0 Å². The molecule has 1 saturated heterocycles. The maximum Gasteiger partial charge on any atom is 0.356 e. The minimum Gasteiger partial charge on any atom is -0.448 e. The van der Waals surface area contributed by atoms with Crippen molar-refractivity contribution in [2.45, 2.75) is 17.5 Å². The third-order valence-electron chi connectivity index (χ3n) is 6.56. The SMILES string of the molecule is C=CC1=C(C(=O)OC(c2ccccc2)c2ccccc2)N2C(=O)C(NC(=O)C(=NOC)c3cccc(N)n3)[C@H]2SC1. The van der Waals surface area contributed by atoms with E-state index in [0.29, 0.717) is 11.3 Å². The second-order valence-corrected chi connectivity index (χ2v) is 10.2. The van der Waals surface area contributed by atoms with Crippen LogP contribution in [0.4, 0.5) is 5.82 Å². The molecule has 3 N–H and O–H groups in total. The first-order chi connectivity index (χ1) is 19.9. The first kappa shape index (κ1) is 27.7. The van der Waals surface area contributed by atoms with Gasteiger partial charge in [0.05, 0.1) is 0 Å². The highest BCUT2D eigenvalue weighted by molar-refractivity contribution is 8.00. The summed E-state index contributed by atoms with van der Waals surface area (Å²) in [6.45, 7) is 3.84. The van der Waals surface area contributed by atoms with Crippen molar-refractivity contribution in [2.24, 2.45) is 5.16 Å². The number of nitrogens with two attached hydrogens (primary N) is 1. The van der Waals surface area contributed by atoms with Crippen molar-refractivity contribution >= 4 is 41.1 Å². The minimum absolute atomic E-state index is 0.111. The van der Waals surface area contributed by atoms with Gasteiger partial charge in [0.2, 0.25) is 0 Å². The number of carbonyl (C=O) groups is 3. The number of nitrogens with one attached hydrogen (secondary N) is 1. The van der Waals surface area contributed by atoms with Crippen molar-refractivity contribution in [3.05, 3.63) is 120 Å². The lowest BCUT2D eigenvalue weighted by Gasteiger charge is -2.49. The van der Waals surface area contributed by atoms with E-state index in [1.54, 1.807) is 24.3 Å². The van der Waals surface area contributed by atoms with Crippen molar-refractivity contribution in [1.29, 1.82) is 0 Å². The van der Waals surface area contributed by atoms with Crippen LogP contribution in [-0.4, -0.2) is 57.7 Å². The molecule has 41 heavy (non-hydrogen) atoms. The Morgan fingerprint density at radius 1 is 1.10 bits per heavy atom. The summed E-state index contributed by atoms with van der Waals surface area (Å²) in [4.78, 5) is 50.6. The van der Waals surface area contributed by atoms with Gasteiger partial charge in [-0.3, -0.25) is 14.5 Å². The van der Waals surface area contributed by atoms with Gasteiger partial charge in [0.15, 0.2) is 11.8 Å². The summed E-state index contributed by atoms with van der Waals surface area (Å²) in [5.74, 6) is -1.20. The maximum atomic E-state index is 13.7. The number of β-lactam (4-membered cyclic amide) rings is 1. The number of benzene rings is 2. The fourth-order valence-electron chi connectivity index (χ4n) is 4.62. The highest BCUT2D eigenvalue weighted by Gasteiger charge is 2.54. The number of oxime groups is 1. The van der Waals surface area contributed by atoms with Crippen molar-refractivity contribution in [3.8, 4) is 0 Å². The number of fused-ring (bicyclic) bond motifs is 1. The molecule has 0 aliphatic carbocycles. The van der Waals surface area contributed by atoms with Crippen molar-refractivity contribution in [2.75, 3.05) is 18.6 Å². The molecule has 10 nitrogen and oxygen atoms in total. The first-order valence-electron chi connectivity index (χ1n) is 12.7. The fraction of sp³-hybridized carbons (Fsp3) is 0.167. The van der Waals surface area contributed by atoms with Crippen molar-refractivity contribution < 1.29 is 24.0 Å². The lowest BCUT2D eigenvalue weighted by molar-refractivity contribution is -0.154. The quantitative estimate of drug-likeness (QED) is 0.174. The molecule has 0 spiro atoms. The van der Waals surface area contributed by atoms with Crippen LogP contribution in [0.2, 0.25) is 0 Å². The summed E-state index contributed by atoms with van der Waals surface area (Å²) < 4.78 is 6.06. The van der Waals surface area contributed by atoms with Crippen LogP contribution in [0, 0.1) is 0 Å². The van der Waals surface area contributed by atoms with Crippen LogP contribution in [0.5, 0.6) is 0 Å². The van der Waals surface area contributed by atoms with Gasteiger partial charge < -0.3 is 20.6 Å². The molecular formula is C30H27N5O5S. The Labute approximate surface area is 240 Å². The number of nitrogens with zero attached hydrogens (tertiary/aromatic N) is 3. The number of hydrogen-bond donors (Lipinski definition) is 2. The molecule has 2 atom stereocenters. The van der Waals surface area contributed by atoms with Gasteiger partial charge in [-0.05, 0) is 28.8 Å². The van der Waals surface area contributed by atoms with Gasteiger partial charge >= 0.3 is 5.97 Å². The summed E-state index contributed by atoms with van der Waals surface area (Å²) in [7, 11) is 1.30. The van der Waals surface area contributed by atoms with Gasteiger partial charge in [0.25, 0.3) is 11.8 Å². The third kappa shape index (κ3) is 5.57. The average Bonchev–Trinajstić information content (AvgIpc) is 3.01. The van der Waals surface area contributed by atoms with Crippen molar-refractivity contribution in [3.63, 3.8) is 0 Å². The van der Waals surface area contributed by atoms with Crippen LogP contribution in [0.15, 0.2) is 108 Å². The maximum absolute atomic E-state index is 13.7. The van der Waals surface area contributed by atoms with Gasteiger partial charge in [-0.15, -0.1) is 11.8 Å². The predicted octanol–water partition coefficient (Wildman–Crippen LogP) is 3.19. The summed E-state index contributed by atoms with van der Waals surface area (Å²) in [5.41, 5.74) is 8.07.